The van der Waals surface area contributed by atoms with Gasteiger partial charge in [0.15, 0.2) is 11.5 Å². The Morgan fingerprint density at radius 3 is 2.16 bits per heavy atom. The summed E-state index contributed by atoms with van der Waals surface area (Å²) >= 11 is 0. The van der Waals surface area contributed by atoms with Crippen LogP contribution in [0.25, 0.3) is 21.9 Å². The van der Waals surface area contributed by atoms with Gasteiger partial charge in [-0.25, -0.2) is 0 Å². The molecule has 1 fully saturated rings. The van der Waals surface area contributed by atoms with Crippen molar-refractivity contribution in [2.45, 2.75) is 39.7 Å². The third kappa shape index (κ3) is 5.22. The Bertz CT molecular complexity index is 1290. The van der Waals surface area contributed by atoms with Gasteiger partial charge < -0.3 is 24.4 Å². The minimum absolute atomic E-state index is 0.0237. The molecule has 1 aliphatic rings. The number of benzene rings is 3. The Labute approximate surface area is 218 Å². The van der Waals surface area contributed by atoms with Crippen molar-refractivity contribution in [3.05, 3.63) is 54.1 Å². The number of nitrogens with zero attached hydrogens (tertiary/aromatic N) is 1. The molecule has 1 saturated heterocycles. The fourth-order valence-corrected chi connectivity index (χ4v) is 5.11. The van der Waals surface area contributed by atoms with Crippen LogP contribution in [-0.4, -0.2) is 57.2 Å². The van der Waals surface area contributed by atoms with Gasteiger partial charge in [-0.2, -0.15) is 0 Å². The molecule has 196 valence electrons. The Morgan fingerprint density at radius 1 is 0.919 bits per heavy atom. The van der Waals surface area contributed by atoms with Gasteiger partial charge in [0.25, 0.3) is 0 Å². The molecule has 1 heterocycles. The van der Waals surface area contributed by atoms with Crippen molar-refractivity contribution < 1.29 is 23.8 Å². The molecule has 0 aliphatic carbocycles. The molecule has 1 aliphatic heterocycles. The van der Waals surface area contributed by atoms with E-state index in [0.717, 1.165) is 33.9 Å². The topological polar surface area (TPSA) is 77.1 Å². The van der Waals surface area contributed by atoms with E-state index in [1.807, 2.05) is 57.2 Å². The van der Waals surface area contributed by atoms with Gasteiger partial charge in [-0.15, -0.1) is 0 Å². The second kappa shape index (κ2) is 10.7. The van der Waals surface area contributed by atoms with Crippen molar-refractivity contribution in [1.82, 2.24) is 10.2 Å². The van der Waals surface area contributed by atoms with E-state index >= 15 is 0 Å². The van der Waals surface area contributed by atoms with Crippen LogP contribution in [0.1, 0.15) is 32.8 Å². The number of amides is 2. The van der Waals surface area contributed by atoms with Crippen molar-refractivity contribution in [2.75, 3.05) is 34.4 Å². The first-order valence-corrected chi connectivity index (χ1v) is 12.6. The maximum atomic E-state index is 13.1. The third-order valence-corrected chi connectivity index (χ3v) is 7.01. The summed E-state index contributed by atoms with van der Waals surface area (Å²) in [5.74, 6) is 1.66. The minimum atomic E-state index is -0.423. The van der Waals surface area contributed by atoms with Gasteiger partial charge in [0.1, 0.15) is 6.04 Å². The van der Waals surface area contributed by atoms with Gasteiger partial charge in [0, 0.05) is 18.5 Å². The zero-order valence-corrected chi connectivity index (χ0v) is 22.5. The molecular weight excluding hydrogens is 468 g/mol. The van der Waals surface area contributed by atoms with Gasteiger partial charge in [-0.05, 0) is 52.1 Å². The predicted octanol–water partition coefficient (Wildman–Crippen LogP) is 4.84. The van der Waals surface area contributed by atoms with Gasteiger partial charge in [0.2, 0.25) is 17.6 Å². The van der Waals surface area contributed by atoms with E-state index in [9.17, 15) is 9.59 Å². The van der Waals surface area contributed by atoms with Crippen molar-refractivity contribution in [3.63, 3.8) is 0 Å². The summed E-state index contributed by atoms with van der Waals surface area (Å²) in [7, 11) is 4.79. The lowest BCUT2D eigenvalue weighted by Gasteiger charge is -2.53. The van der Waals surface area contributed by atoms with Crippen LogP contribution in [0.15, 0.2) is 48.5 Å². The highest BCUT2D eigenvalue weighted by Gasteiger charge is 2.51. The molecule has 7 heteroatoms. The number of methoxy groups -OCH3 is 3. The maximum Gasteiger partial charge on any atom is 0.243 e. The van der Waals surface area contributed by atoms with Crippen LogP contribution in [0.3, 0.4) is 0 Å². The molecule has 0 bridgehead atoms. The van der Waals surface area contributed by atoms with Gasteiger partial charge >= 0.3 is 0 Å². The number of ether oxygens (including phenoxy) is 3. The normalized spacial score (nSPS) is 16.2. The van der Waals surface area contributed by atoms with E-state index in [2.05, 4.69) is 17.4 Å². The summed E-state index contributed by atoms with van der Waals surface area (Å²) in [6.45, 7) is 7.30. The fraction of sp³-hybridized carbons (Fsp3) is 0.400. The Balaban J connectivity index is 1.54. The maximum absolute atomic E-state index is 13.1. The molecule has 37 heavy (non-hydrogen) atoms. The van der Waals surface area contributed by atoms with E-state index in [1.165, 1.54) is 0 Å². The molecule has 1 N–H and O–H groups in total. The summed E-state index contributed by atoms with van der Waals surface area (Å²) < 4.78 is 16.4. The molecule has 1 atom stereocenters. The Kier molecular flexibility index (Phi) is 7.62. The SMILES string of the molecule is CCCNC(=O)C1N(C(=O)Cc2ccc3cc(-c4cc(OC)c(OC)c(OC)c4)ccc3c2)CC1(C)C. The summed E-state index contributed by atoms with van der Waals surface area (Å²) in [6.07, 6.45) is 1.13. The average molecular weight is 505 g/mol. The molecule has 0 spiro atoms. The first-order chi connectivity index (χ1) is 17.7. The van der Waals surface area contributed by atoms with Crippen molar-refractivity contribution in [3.8, 4) is 28.4 Å². The van der Waals surface area contributed by atoms with Crippen molar-refractivity contribution in [2.24, 2.45) is 5.41 Å². The van der Waals surface area contributed by atoms with Gasteiger partial charge in [-0.1, -0.05) is 51.1 Å². The Morgan fingerprint density at radius 2 is 1.57 bits per heavy atom. The first kappa shape index (κ1) is 26.3. The molecular formula is C30H36N2O5. The van der Waals surface area contributed by atoms with Crippen molar-refractivity contribution in [1.29, 1.82) is 0 Å². The van der Waals surface area contributed by atoms with Crippen LogP contribution >= 0.6 is 0 Å². The molecule has 3 aromatic carbocycles. The largest absolute Gasteiger partial charge is 0.493 e. The molecule has 0 saturated carbocycles. The van der Waals surface area contributed by atoms with Gasteiger partial charge in [0.05, 0.1) is 27.8 Å². The predicted molar refractivity (Wildman–Crippen MR) is 145 cm³/mol. The van der Waals surface area contributed by atoms with E-state index in [0.29, 0.717) is 30.3 Å². The van der Waals surface area contributed by atoms with E-state index in [1.54, 1.807) is 26.2 Å². The number of fused-ring (bicyclic) bond motifs is 1. The number of rotatable bonds is 9. The summed E-state index contributed by atoms with van der Waals surface area (Å²) in [4.78, 5) is 27.5. The van der Waals surface area contributed by atoms with Crippen LogP contribution in [0.2, 0.25) is 0 Å². The zero-order chi connectivity index (χ0) is 26.7. The molecule has 7 nitrogen and oxygen atoms in total. The highest BCUT2D eigenvalue weighted by Crippen LogP contribution is 2.42. The lowest BCUT2D eigenvalue weighted by Crippen LogP contribution is -2.69. The summed E-state index contributed by atoms with van der Waals surface area (Å²) in [5.41, 5.74) is 2.67. The van der Waals surface area contributed by atoms with Crippen LogP contribution in [-0.2, 0) is 16.0 Å². The number of nitrogens with one attached hydrogen (secondary N) is 1. The fourth-order valence-electron chi connectivity index (χ4n) is 5.11. The summed E-state index contributed by atoms with van der Waals surface area (Å²) in [6, 6.07) is 15.7. The second-order valence-corrected chi connectivity index (χ2v) is 10.2. The third-order valence-electron chi connectivity index (χ3n) is 7.01. The highest BCUT2D eigenvalue weighted by molar-refractivity contribution is 5.92. The zero-order valence-electron chi connectivity index (χ0n) is 22.5. The van der Waals surface area contributed by atoms with E-state index < -0.39 is 6.04 Å². The van der Waals surface area contributed by atoms with E-state index in [4.69, 9.17) is 14.2 Å². The van der Waals surface area contributed by atoms with E-state index in [-0.39, 0.29) is 23.7 Å². The summed E-state index contributed by atoms with van der Waals surface area (Å²) in [5, 5.41) is 5.05. The second-order valence-electron chi connectivity index (χ2n) is 10.2. The van der Waals surface area contributed by atoms with Crippen LogP contribution in [0.5, 0.6) is 17.2 Å². The van der Waals surface area contributed by atoms with Gasteiger partial charge in [-0.3, -0.25) is 9.59 Å². The minimum Gasteiger partial charge on any atom is -0.493 e. The average Bonchev–Trinajstić information content (AvgIpc) is 2.89. The van der Waals surface area contributed by atoms with Crippen LogP contribution in [0.4, 0.5) is 0 Å². The standard InChI is InChI=1S/C30H36N2O5/c1-7-12-31-29(34)28-30(2,3)18-32(28)26(33)14-19-8-9-21-15-22(11-10-20(21)13-19)23-16-24(35-4)27(37-6)25(17-23)36-5/h8-11,13,15-17,28H,7,12,14,18H2,1-6H3,(H,31,34). The number of hydrogen-bond acceptors (Lipinski definition) is 5. The van der Waals surface area contributed by atoms with Crippen LogP contribution in [0, 0.1) is 5.41 Å². The quantitative estimate of drug-likeness (QED) is 0.451. The molecule has 2 amide bonds. The number of carbonyl (C=O) groups excluding carboxylic acids is 2. The molecule has 3 aromatic rings. The first-order valence-electron chi connectivity index (χ1n) is 12.6. The number of likely N-dealkylation sites (tertiary alicyclic amines) is 1. The lowest BCUT2D eigenvalue weighted by molar-refractivity contribution is -0.160. The van der Waals surface area contributed by atoms with Crippen LogP contribution < -0.4 is 19.5 Å². The lowest BCUT2D eigenvalue weighted by atomic mass is 9.74. The smallest absolute Gasteiger partial charge is 0.243 e. The Hall–Kier alpha value is -3.74. The molecule has 4 rings (SSSR count). The van der Waals surface area contributed by atoms with Crippen molar-refractivity contribution >= 4 is 22.6 Å². The number of carbonyl (C=O) groups is 2. The molecule has 0 aromatic heterocycles. The molecule has 1 unspecified atom stereocenters. The molecule has 0 radical (unpaired) electrons. The monoisotopic (exact) mass is 504 g/mol. The highest BCUT2D eigenvalue weighted by atomic mass is 16.5. The number of hydrogen-bond donors (Lipinski definition) is 1.